The van der Waals surface area contributed by atoms with Crippen molar-refractivity contribution < 1.29 is 9.13 Å². The van der Waals surface area contributed by atoms with Crippen molar-refractivity contribution in [2.75, 3.05) is 0 Å². The van der Waals surface area contributed by atoms with E-state index in [1.54, 1.807) is 0 Å². The van der Waals surface area contributed by atoms with Gasteiger partial charge in [0.2, 0.25) is 5.88 Å². The van der Waals surface area contributed by atoms with E-state index in [0.717, 1.165) is 18.8 Å². The summed E-state index contributed by atoms with van der Waals surface area (Å²) in [5.74, 6) is 0.879. The molecule has 0 bridgehead atoms. The molecule has 2 rings (SSSR count). The van der Waals surface area contributed by atoms with Crippen LogP contribution in [0.2, 0.25) is 0 Å². The third kappa shape index (κ3) is 3.19. The highest BCUT2D eigenvalue weighted by Gasteiger charge is 2.23. The van der Waals surface area contributed by atoms with Crippen molar-refractivity contribution in [1.82, 2.24) is 4.98 Å². The monoisotopic (exact) mass is 252 g/mol. The summed E-state index contributed by atoms with van der Waals surface area (Å²) < 4.78 is 19.0. The third-order valence-corrected chi connectivity index (χ3v) is 3.70. The van der Waals surface area contributed by atoms with Crippen molar-refractivity contribution in [3.8, 4) is 5.88 Å². The van der Waals surface area contributed by atoms with Crippen molar-refractivity contribution in [3.63, 3.8) is 0 Å². The van der Waals surface area contributed by atoms with E-state index in [2.05, 4.69) is 11.9 Å². The first-order valence-electron chi connectivity index (χ1n) is 6.74. The summed E-state index contributed by atoms with van der Waals surface area (Å²) >= 11 is 0. The van der Waals surface area contributed by atoms with Crippen LogP contribution in [0, 0.1) is 11.7 Å². The highest BCUT2D eigenvalue weighted by atomic mass is 19.1. The minimum atomic E-state index is -0.363. The number of halogens is 1. The second kappa shape index (κ2) is 6.14. The van der Waals surface area contributed by atoms with Crippen molar-refractivity contribution >= 4 is 0 Å². The van der Waals surface area contributed by atoms with Crippen LogP contribution >= 0.6 is 0 Å². The number of aromatic nitrogens is 1. The Morgan fingerprint density at radius 3 is 3.06 bits per heavy atom. The molecule has 2 atom stereocenters. The van der Waals surface area contributed by atoms with Gasteiger partial charge in [-0.2, -0.15) is 0 Å². The van der Waals surface area contributed by atoms with E-state index in [4.69, 9.17) is 10.5 Å². The molecule has 0 aliphatic heterocycles. The summed E-state index contributed by atoms with van der Waals surface area (Å²) in [6, 6.07) is 1.41. The van der Waals surface area contributed by atoms with Crippen LogP contribution in [0.25, 0.3) is 0 Å². The molecule has 3 nitrogen and oxygen atoms in total. The first kappa shape index (κ1) is 13.3. The van der Waals surface area contributed by atoms with Gasteiger partial charge in [0.15, 0.2) is 0 Å². The molecule has 0 spiro atoms. The fourth-order valence-electron chi connectivity index (χ4n) is 2.60. The Bertz CT molecular complexity index is 397. The number of ether oxygens (including phenoxy) is 1. The summed E-state index contributed by atoms with van der Waals surface area (Å²) in [5.41, 5.74) is 6.24. The van der Waals surface area contributed by atoms with Crippen LogP contribution in [-0.2, 0) is 6.54 Å². The van der Waals surface area contributed by atoms with Crippen molar-refractivity contribution in [2.45, 2.75) is 51.7 Å². The lowest BCUT2D eigenvalue weighted by Crippen LogP contribution is -2.26. The maximum absolute atomic E-state index is 13.1. The molecule has 0 radical (unpaired) electrons. The molecule has 0 aromatic carbocycles. The van der Waals surface area contributed by atoms with Gasteiger partial charge in [-0.3, -0.25) is 0 Å². The molecule has 1 saturated carbocycles. The first-order chi connectivity index (χ1) is 8.72. The standard InChI is InChI=1S/C14H21FN2O/c1-2-10-4-3-5-13(6-10)18-14-11(8-16)7-12(15)9-17-14/h7,9-10,13H,2-6,8,16H2,1H3. The average molecular weight is 252 g/mol. The summed E-state index contributed by atoms with van der Waals surface area (Å²) in [6.07, 6.45) is 7.19. The van der Waals surface area contributed by atoms with Gasteiger partial charge in [-0.1, -0.05) is 19.8 Å². The third-order valence-electron chi connectivity index (χ3n) is 3.70. The molecule has 1 aromatic heterocycles. The molecule has 0 saturated heterocycles. The van der Waals surface area contributed by atoms with E-state index in [1.165, 1.54) is 31.5 Å². The number of hydrogen-bond acceptors (Lipinski definition) is 3. The van der Waals surface area contributed by atoms with Gasteiger partial charge in [-0.15, -0.1) is 0 Å². The Morgan fingerprint density at radius 1 is 1.50 bits per heavy atom. The molecule has 1 aromatic rings. The number of hydrogen-bond donors (Lipinski definition) is 1. The second-order valence-electron chi connectivity index (χ2n) is 5.00. The number of pyridine rings is 1. The maximum Gasteiger partial charge on any atom is 0.218 e. The lowest BCUT2D eigenvalue weighted by molar-refractivity contribution is 0.115. The van der Waals surface area contributed by atoms with Gasteiger partial charge in [0.1, 0.15) is 11.9 Å². The molecule has 1 aliphatic carbocycles. The van der Waals surface area contributed by atoms with Crippen LogP contribution in [0.3, 0.4) is 0 Å². The van der Waals surface area contributed by atoms with Gasteiger partial charge in [-0.25, -0.2) is 9.37 Å². The number of nitrogens with zero attached hydrogens (tertiary/aromatic N) is 1. The van der Waals surface area contributed by atoms with Crippen molar-refractivity contribution in [1.29, 1.82) is 0 Å². The topological polar surface area (TPSA) is 48.1 Å². The van der Waals surface area contributed by atoms with E-state index in [0.29, 0.717) is 11.4 Å². The maximum atomic E-state index is 13.1. The lowest BCUT2D eigenvalue weighted by Gasteiger charge is -2.29. The largest absolute Gasteiger partial charge is 0.474 e. The van der Waals surface area contributed by atoms with Crippen LogP contribution in [0.4, 0.5) is 4.39 Å². The molecule has 100 valence electrons. The zero-order valence-electron chi connectivity index (χ0n) is 10.9. The van der Waals surface area contributed by atoms with Crippen molar-refractivity contribution in [3.05, 3.63) is 23.6 Å². The van der Waals surface area contributed by atoms with Crippen molar-refractivity contribution in [2.24, 2.45) is 11.7 Å². The Labute approximate surface area is 108 Å². The average Bonchev–Trinajstić information content (AvgIpc) is 2.41. The van der Waals surface area contributed by atoms with Crippen LogP contribution in [0.5, 0.6) is 5.88 Å². The Morgan fingerprint density at radius 2 is 2.33 bits per heavy atom. The van der Waals surface area contributed by atoms with Gasteiger partial charge in [0, 0.05) is 12.1 Å². The van der Waals surface area contributed by atoms with Gasteiger partial charge >= 0.3 is 0 Å². The molecule has 0 amide bonds. The second-order valence-corrected chi connectivity index (χ2v) is 5.00. The number of rotatable bonds is 4. The molecule has 1 fully saturated rings. The minimum Gasteiger partial charge on any atom is -0.474 e. The fraction of sp³-hybridized carbons (Fsp3) is 0.643. The minimum absolute atomic E-state index is 0.201. The Kier molecular flexibility index (Phi) is 4.53. The van der Waals surface area contributed by atoms with Gasteiger partial charge in [0.25, 0.3) is 0 Å². The zero-order valence-corrected chi connectivity index (χ0v) is 10.9. The molecule has 2 unspecified atom stereocenters. The van der Waals surface area contributed by atoms with Crippen LogP contribution in [0.1, 0.15) is 44.6 Å². The first-order valence-corrected chi connectivity index (χ1v) is 6.74. The predicted molar refractivity (Wildman–Crippen MR) is 68.8 cm³/mol. The van der Waals surface area contributed by atoms with Gasteiger partial charge in [0.05, 0.1) is 6.20 Å². The van der Waals surface area contributed by atoms with Crippen LogP contribution in [-0.4, -0.2) is 11.1 Å². The number of nitrogens with two attached hydrogens (primary N) is 1. The molecule has 4 heteroatoms. The zero-order chi connectivity index (χ0) is 13.0. The summed E-state index contributed by atoms with van der Waals surface area (Å²) in [5, 5.41) is 0. The molecule has 1 aliphatic rings. The summed E-state index contributed by atoms with van der Waals surface area (Å²) in [4.78, 5) is 4.02. The Hall–Kier alpha value is -1.16. The predicted octanol–water partition coefficient (Wildman–Crippen LogP) is 3.03. The summed E-state index contributed by atoms with van der Waals surface area (Å²) in [7, 11) is 0. The normalized spacial score (nSPS) is 23.9. The molecule has 2 N–H and O–H groups in total. The van der Waals surface area contributed by atoms with E-state index in [-0.39, 0.29) is 18.5 Å². The van der Waals surface area contributed by atoms with E-state index >= 15 is 0 Å². The van der Waals surface area contributed by atoms with E-state index < -0.39 is 0 Å². The molecule has 1 heterocycles. The molecular formula is C14H21FN2O. The molecule has 18 heavy (non-hydrogen) atoms. The highest BCUT2D eigenvalue weighted by molar-refractivity contribution is 5.26. The van der Waals surface area contributed by atoms with Gasteiger partial charge in [-0.05, 0) is 31.2 Å². The molecular weight excluding hydrogens is 231 g/mol. The smallest absolute Gasteiger partial charge is 0.218 e. The van der Waals surface area contributed by atoms with Crippen LogP contribution in [0.15, 0.2) is 12.3 Å². The Balaban J connectivity index is 2.04. The highest BCUT2D eigenvalue weighted by Crippen LogP contribution is 2.30. The van der Waals surface area contributed by atoms with Crippen LogP contribution < -0.4 is 10.5 Å². The summed E-state index contributed by atoms with van der Waals surface area (Å²) in [6.45, 7) is 2.47. The SMILES string of the molecule is CCC1CCCC(Oc2ncc(F)cc2CN)C1. The quantitative estimate of drug-likeness (QED) is 0.896. The van der Waals surface area contributed by atoms with E-state index in [9.17, 15) is 4.39 Å². The fourth-order valence-corrected chi connectivity index (χ4v) is 2.60. The lowest BCUT2D eigenvalue weighted by atomic mass is 9.85. The van der Waals surface area contributed by atoms with E-state index in [1.807, 2.05) is 0 Å². The van der Waals surface area contributed by atoms with Gasteiger partial charge < -0.3 is 10.5 Å².